The number of H-pyrrole nitrogens is 1. The van der Waals surface area contributed by atoms with E-state index in [0.29, 0.717) is 16.9 Å². The van der Waals surface area contributed by atoms with E-state index in [1.807, 2.05) is 30.3 Å². The second-order valence-electron chi connectivity index (χ2n) is 4.13. The largest absolute Gasteiger partial charge is 0.478 e. The summed E-state index contributed by atoms with van der Waals surface area (Å²) in [5, 5.41) is 9.73. The van der Waals surface area contributed by atoms with E-state index >= 15 is 0 Å². The molecule has 0 fully saturated rings. The lowest BCUT2D eigenvalue weighted by Crippen LogP contribution is -1.93. The van der Waals surface area contributed by atoms with Gasteiger partial charge in [0, 0.05) is 17.1 Å². The van der Waals surface area contributed by atoms with Gasteiger partial charge in [0.05, 0.1) is 5.56 Å². The van der Waals surface area contributed by atoms with Gasteiger partial charge in [0.2, 0.25) is 0 Å². The second-order valence-corrected chi connectivity index (χ2v) is 4.13. The van der Waals surface area contributed by atoms with Gasteiger partial charge in [0.25, 0.3) is 0 Å². The summed E-state index contributed by atoms with van der Waals surface area (Å²) in [6.07, 6.45) is 1.49. The number of para-hydroxylation sites is 1. The van der Waals surface area contributed by atoms with Gasteiger partial charge in [-0.05, 0) is 30.3 Å². The van der Waals surface area contributed by atoms with Crippen molar-refractivity contribution in [1.82, 2.24) is 4.98 Å². The minimum atomic E-state index is -0.955. The van der Waals surface area contributed by atoms with E-state index in [2.05, 4.69) is 4.98 Å². The number of fused-ring (bicyclic) bond motifs is 1. The highest BCUT2D eigenvalue weighted by Gasteiger charge is 2.11. The molecule has 4 nitrogen and oxygen atoms in total. The number of carboxylic acid groups (broad SMARTS) is 1. The van der Waals surface area contributed by atoms with Gasteiger partial charge in [0.1, 0.15) is 11.5 Å². The SMILES string of the molecule is O=C(O)c1c[nH]c2ccc(Oc3ccccc3)cc12. The Morgan fingerprint density at radius 3 is 2.58 bits per heavy atom. The maximum Gasteiger partial charge on any atom is 0.337 e. The van der Waals surface area contributed by atoms with E-state index < -0.39 is 5.97 Å². The maximum atomic E-state index is 11.1. The Kier molecular flexibility index (Phi) is 2.68. The van der Waals surface area contributed by atoms with Crippen LogP contribution in [0.4, 0.5) is 0 Å². The lowest BCUT2D eigenvalue weighted by atomic mass is 10.1. The third kappa shape index (κ3) is 2.15. The number of aromatic carboxylic acids is 1. The number of hydrogen-bond acceptors (Lipinski definition) is 2. The highest BCUT2D eigenvalue weighted by Crippen LogP contribution is 2.27. The molecule has 0 radical (unpaired) electrons. The van der Waals surface area contributed by atoms with Gasteiger partial charge < -0.3 is 14.8 Å². The van der Waals surface area contributed by atoms with Gasteiger partial charge in [-0.3, -0.25) is 0 Å². The van der Waals surface area contributed by atoms with Crippen molar-refractivity contribution in [3.63, 3.8) is 0 Å². The number of hydrogen-bond donors (Lipinski definition) is 2. The van der Waals surface area contributed by atoms with Crippen LogP contribution >= 0.6 is 0 Å². The Balaban J connectivity index is 2.01. The van der Waals surface area contributed by atoms with Crippen molar-refractivity contribution in [3.8, 4) is 11.5 Å². The molecule has 0 aliphatic heterocycles. The molecule has 4 heteroatoms. The van der Waals surface area contributed by atoms with Crippen LogP contribution < -0.4 is 4.74 Å². The molecule has 0 unspecified atom stereocenters. The molecule has 19 heavy (non-hydrogen) atoms. The normalized spacial score (nSPS) is 10.5. The van der Waals surface area contributed by atoms with Gasteiger partial charge in [-0.2, -0.15) is 0 Å². The molecule has 3 aromatic rings. The van der Waals surface area contributed by atoms with Crippen molar-refractivity contribution in [2.75, 3.05) is 0 Å². The molecule has 2 N–H and O–H groups in total. The molecule has 94 valence electrons. The van der Waals surface area contributed by atoms with E-state index in [9.17, 15) is 4.79 Å². The fourth-order valence-corrected chi connectivity index (χ4v) is 1.96. The molecule has 0 aliphatic rings. The smallest absolute Gasteiger partial charge is 0.337 e. The van der Waals surface area contributed by atoms with Gasteiger partial charge in [-0.15, -0.1) is 0 Å². The summed E-state index contributed by atoms with van der Waals surface area (Å²) in [6, 6.07) is 14.7. The number of aromatic amines is 1. The first kappa shape index (κ1) is 11.3. The van der Waals surface area contributed by atoms with Crippen molar-refractivity contribution >= 4 is 16.9 Å². The maximum absolute atomic E-state index is 11.1. The van der Waals surface area contributed by atoms with Gasteiger partial charge in [-0.1, -0.05) is 18.2 Å². The molecule has 0 aliphatic carbocycles. The number of ether oxygens (including phenoxy) is 1. The second kappa shape index (κ2) is 4.49. The van der Waals surface area contributed by atoms with Gasteiger partial charge in [0.15, 0.2) is 0 Å². The van der Waals surface area contributed by atoms with Crippen LogP contribution in [0.3, 0.4) is 0 Å². The lowest BCUT2D eigenvalue weighted by molar-refractivity contribution is 0.0699. The summed E-state index contributed by atoms with van der Waals surface area (Å²) < 4.78 is 5.68. The highest BCUT2D eigenvalue weighted by molar-refractivity contribution is 6.03. The van der Waals surface area contributed by atoms with Crippen LogP contribution in [-0.4, -0.2) is 16.1 Å². The zero-order valence-corrected chi connectivity index (χ0v) is 9.96. The van der Waals surface area contributed by atoms with Crippen LogP contribution in [0.2, 0.25) is 0 Å². The number of carbonyl (C=O) groups is 1. The Morgan fingerprint density at radius 2 is 1.84 bits per heavy atom. The number of aromatic nitrogens is 1. The van der Waals surface area contributed by atoms with Gasteiger partial charge in [-0.25, -0.2) is 4.79 Å². The highest BCUT2D eigenvalue weighted by atomic mass is 16.5. The molecule has 0 saturated heterocycles. The molecule has 0 spiro atoms. The molecular formula is C15H11NO3. The predicted molar refractivity (Wildman–Crippen MR) is 71.8 cm³/mol. The van der Waals surface area contributed by atoms with E-state index in [4.69, 9.17) is 9.84 Å². The van der Waals surface area contributed by atoms with Crippen LogP contribution in [0.5, 0.6) is 11.5 Å². The van der Waals surface area contributed by atoms with Crippen molar-refractivity contribution in [3.05, 3.63) is 60.3 Å². The van der Waals surface area contributed by atoms with Crippen LogP contribution in [0, 0.1) is 0 Å². The average Bonchev–Trinajstić information content (AvgIpc) is 2.83. The number of nitrogens with one attached hydrogen (secondary N) is 1. The molecule has 2 aromatic carbocycles. The quantitative estimate of drug-likeness (QED) is 0.748. The number of carboxylic acids is 1. The Labute approximate surface area is 109 Å². The predicted octanol–water partition coefficient (Wildman–Crippen LogP) is 3.66. The number of rotatable bonds is 3. The van der Waals surface area contributed by atoms with E-state index in [0.717, 1.165) is 5.52 Å². The van der Waals surface area contributed by atoms with Gasteiger partial charge >= 0.3 is 5.97 Å². The van der Waals surface area contributed by atoms with Crippen molar-refractivity contribution in [2.45, 2.75) is 0 Å². The summed E-state index contributed by atoms with van der Waals surface area (Å²) in [6.45, 7) is 0. The first-order valence-electron chi connectivity index (χ1n) is 5.81. The Morgan fingerprint density at radius 1 is 1.05 bits per heavy atom. The lowest BCUT2D eigenvalue weighted by Gasteiger charge is -2.05. The Bertz CT molecular complexity index is 731. The first-order chi connectivity index (χ1) is 9.24. The molecule has 0 bridgehead atoms. The minimum absolute atomic E-state index is 0.244. The van der Waals surface area contributed by atoms with E-state index in [1.165, 1.54) is 6.20 Å². The van der Waals surface area contributed by atoms with Crippen LogP contribution in [-0.2, 0) is 0 Å². The summed E-state index contributed by atoms with van der Waals surface area (Å²) in [5.41, 5.74) is 1.02. The Hall–Kier alpha value is -2.75. The molecule has 0 atom stereocenters. The molecule has 1 aromatic heterocycles. The first-order valence-corrected chi connectivity index (χ1v) is 5.81. The fraction of sp³-hybridized carbons (Fsp3) is 0. The molecule has 0 amide bonds. The number of benzene rings is 2. The van der Waals surface area contributed by atoms with E-state index in [1.54, 1.807) is 18.2 Å². The van der Waals surface area contributed by atoms with Crippen LogP contribution in [0.1, 0.15) is 10.4 Å². The average molecular weight is 253 g/mol. The van der Waals surface area contributed by atoms with Crippen molar-refractivity contribution in [1.29, 1.82) is 0 Å². The fourth-order valence-electron chi connectivity index (χ4n) is 1.96. The van der Waals surface area contributed by atoms with Crippen LogP contribution in [0.15, 0.2) is 54.7 Å². The standard InChI is InChI=1S/C15H11NO3/c17-15(18)13-9-16-14-7-6-11(8-12(13)14)19-10-4-2-1-3-5-10/h1-9,16H,(H,17,18). The molecule has 3 rings (SSSR count). The van der Waals surface area contributed by atoms with Crippen molar-refractivity contribution < 1.29 is 14.6 Å². The third-order valence-corrected chi connectivity index (χ3v) is 2.86. The topological polar surface area (TPSA) is 62.3 Å². The molecule has 0 saturated carbocycles. The monoisotopic (exact) mass is 253 g/mol. The zero-order valence-electron chi connectivity index (χ0n) is 9.96. The summed E-state index contributed by atoms with van der Waals surface area (Å²) in [7, 11) is 0. The third-order valence-electron chi connectivity index (χ3n) is 2.86. The zero-order chi connectivity index (χ0) is 13.2. The molecular weight excluding hydrogens is 242 g/mol. The minimum Gasteiger partial charge on any atom is -0.478 e. The van der Waals surface area contributed by atoms with E-state index in [-0.39, 0.29) is 5.56 Å². The van der Waals surface area contributed by atoms with Crippen molar-refractivity contribution in [2.24, 2.45) is 0 Å². The molecule has 1 heterocycles. The van der Waals surface area contributed by atoms with Crippen LogP contribution in [0.25, 0.3) is 10.9 Å². The summed E-state index contributed by atoms with van der Waals surface area (Å²) in [5.74, 6) is 0.373. The summed E-state index contributed by atoms with van der Waals surface area (Å²) >= 11 is 0. The summed E-state index contributed by atoms with van der Waals surface area (Å²) in [4.78, 5) is 14.0.